The lowest BCUT2D eigenvalue weighted by Gasteiger charge is -2.35. The van der Waals surface area contributed by atoms with Gasteiger partial charge in [-0.2, -0.15) is 0 Å². The Kier molecular flexibility index (Phi) is 4.66. The summed E-state index contributed by atoms with van der Waals surface area (Å²) in [6.07, 6.45) is 4.74. The molecule has 0 aliphatic heterocycles. The predicted octanol–water partition coefficient (Wildman–Crippen LogP) is 4.35. The highest BCUT2D eigenvalue weighted by molar-refractivity contribution is 7.92. The molecular weight excluding hydrogens is 313 g/mol. The molecule has 23 heavy (non-hydrogen) atoms. The Balaban J connectivity index is 2.09. The second-order valence-corrected chi connectivity index (χ2v) is 7.64. The largest absolute Gasteiger partial charge is 0.267 e. The molecule has 0 spiro atoms. The van der Waals surface area contributed by atoms with Crippen LogP contribution in [0.5, 0.6) is 0 Å². The third-order valence-corrected chi connectivity index (χ3v) is 6.20. The van der Waals surface area contributed by atoms with Crippen LogP contribution in [0.4, 0.5) is 10.1 Å². The molecule has 1 aliphatic rings. The van der Waals surface area contributed by atoms with E-state index in [1.54, 1.807) is 18.2 Å². The van der Waals surface area contributed by atoms with Gasteiger partial charge < -0.3 is 0 Å². The van der Waals surface area contributed by atoms with Gasteiger partial charge in [-0.1, -0.05) is 49.6 Å². The minimum atomic E-state index is -3.93. The van der Waals surface area contributed by atoms with Crippen molar-refractivity contribution < 1.29 is 12.8 Å². The van der Waals surface area contributed by atoms with Gasteiger partial charge in [0.05, 0.1) is 5.69 Å². The summed E-state index contributed by atoms with van der Waals surface area (Å²) in [5.41, 5.74) is 0.600. The van der Waals surface area contributed by atoms with Crippen LogP contribution < -0.4 is 4.31 Å². The predicted molar refractivity (Wildman–Crippen MR) is 89.4 cm³/mol. The number of hydrogen-bond donors (Lipinski definition) is 0. The summed E-state index contributed by atoms with van der Waals surface area (Å²) < 4.78 is 41.8. The second kappa shape index (κ2) is 6.71. The van der Waals surface area contributed by atoms with Crippen molar-refractivity contribution >= 4 is 15.7 Å². The molecule has 0 atom stereocenters. The van der Waals surface area contributed by atoms with Gasteiger partial charge in [0, 0.05) is 6.04 Å². The molecule has 0 bridgehead atoms. The standard InChI is InChI=1S/C18H20FNO2S/c19-17-13-7-8-14-18(17)23(21,22)20(15-9-3-1-4-10-15)16-11-5-2-6-12-16/h1,3-4,7-10,13-14,16H,2,5-6,11-12H2. The van der Waals surface area contributed by atoms with Crippen molar-refractivity contribution in [3.05, 3.63) is 60.4 Å². The maximum Gasteiger partial charge on any atom is 0.267 e. The fourth-order valence-corrected chi connectivity index (χ4v) is 4.98. The molecule has 0 N–H and O–H groups in total. The third kappa shape index (κ3) is 3.24. The summed E-state index contributed by atoms with van der Waals surface area (Å²) >= 11 is 0. The van der Waals surface area contributed by atoms with E-state index in [-0.39, 0.29) is 10.9 Å². The van der Waals surface area contributed by atoms with E-state index in [9.17, 15) is 12.8 Å². The molecule has 3 rings (SSSR count). The molecule has 0 amide bonds. The van der Waals surface area contributed by atoms with Crippen molar-refractivity contribution in [3.63, 3.8) is 0 Å². The van der Waals surface area contributed by atoms with Gasteiger partial charge in [0.15, 0.2) is 0 Å². The molecule has 5 heteroatoms. The number of rotatable bonds is 4. The lowest BCUT2D eigenvalue weighted by molar-refractivity contribution is 0.437. The Bertz CT molecular complexity index is 756. The Morgan fingerprint density at radius 1 is 0.870 bits per heavy atom. The van der Waals surface area contributed by atoms with Gasteiger partial charge in [-0.15, -0.1) is 0 Å². The molecule has 0 radical (unpaired) electrons. The topological polar surface area (TPSA) is 37.4 Å². The summed E-state index contributed by atoms with van der Waals surface area (Å²) in [5, 5.41) is 0. The SMILES string of the molecule is O=S(=O)(c1ccccc1F)N(c1ccccc1)C1CCCCC1. The molecule has 0 saturated heterocycles. The van der Waals surface area contributed by atoms with E-state index in [1.165, 1.54) is 22.5 Å². The lowest BCUT2D eigenvalue weighted by Crippen LogP contribution is -2.41. The normalized spacial score (nSPS) is 16.2. The van der Waals surface area contributed by atoms with Crippen molar-refractivity contribution in [1.29, 1.82) is 0 Å². The Morgan fingerprint density at radius 3 is 2.13 bits per heavy atom. The zero-order chi connectivity index (χ0) is 16.3. The first-order valence-corrected chi connectivity index (χ1v) is 9.39. The van der Waals surface area contributed by atoms with Crippen LogP contribution >= 0.6 is 0 Å². The van der Waals surface area contributed by atoms with Gasteiger partial charge in [-0.3, -0.25) is 4.31 Å². The third-order valence-electron chi connectivity index (χ3n) is 4.29. The molecule has 122 valence electrons. The van der Waals surface area contributed by atoms with Crippen molar-refractivity contribution in [2.45, 2.75) is 43.0 Å². The van der Waals surface area contributed by atoms with E-state index in [4.69, 9.17) is 0 Å². The van der Waals surface area contributed by atoms with Gasteiger partial charge in [-0.05, 0) is 37.1 Å². The number of benzene rings is 2. The maximum absolute atomic E-state index is 14.1. The van der Waals surface area contributed by atoms with E-state index in [1.807, 2.05) is 18.2 Å². The quantitative estimate of drug-likeness (QED) is 0.834. The van der Waals surface area contributed by atoms with Crippen LogP contribution in [0.2, 0.25) is 0 Å². The van der Waals surface area contributed by atoms with Crippen molar-refractivity contribution in [2.75, 3.05) is 4.31 Å². The Labute approximate surface area is 136 Å². The number of nitrogens with zero attached hydrogens (tertiary/aromatic N) is 1. The molecular formula is C18H20FNO2S. The first-order valence-electron chi connectivity index (χ1n) is 7.95. The van der Waals surface area contributed by atoms with Gasteiger partial charge in [0.2, 0.25) is 0 Å². The smallest absolute Gasteiger partial charge is 0.263 e. The summed E-state index contributed by atoms with van der Waals surface area (Å²) in [6.45, 7) is 0. The average molecular weight is 333 g/mol. The average Bonchev–Trinajstić information content (AvgIpc) is 2.57. The van der Waals surface area contributed by atoms with Crippen LogP contribution in [-0.4, -0.2) is 14.5 Å². The number of halogens is 1. The van der Waals surface area contributed by atoms with Crippen LogP contribution in [0.3, 0.4) is 0 Å². The molecule has 2 aromatic rings. The van der Waals surface area contributed by atoms with Gasteiger partial charge in [0.25, 0.3) is 10.0 Å². The summed E-state index contributed by atoms with van der Waals surface area (Å²) in [4.78, 5) is -0.255. The zero-order valence-corrected chi connectivity index (χ0v) is 13.7. The Hall–Kier alpha value is -1.88. The number of para-hydroxylation sites is 1. The highest BCUT2D eigenvalue weighted by atomic mass is 32.2. The summed E-state index contributed by atoms with van der Waals surface area (Å²) in [6, 6.07) is 14.5. The summed E-state index contributed by atoms with van der Waals surface area (Å²) in [7, 11) is -3.93. The highest BCUT2D eigenvalue weighted by Gasteiger charge is 2.34. The van der Waals surface area contributed by atoms with Crippen LogP contribution in [-0.2, 0) is 10.0 Å². The first-order chi connectivity index (χ1) is 11.1. The Morgan fingerprint density at radius 2 is 1.48 bits per heavy atom. The number of anilines is 1. The fraction of sp³-hybridized carbons (Fsp3) is 0.333. The monoisotopic (exact) mass is 333 g/mol. The molecule has 1 fully saturated rings. The van der Waals surface area contributed by atoms with E-state index in [2.05, 4.69) is 0 Å². The highest BCUT2D eigenvalue weighted by Crippen LogP contribution is 2.33. The molecule has 0 heterocycles. The second-order valence-electron chi connectivity index (χ2n) is 5.86. The van der Waals surface area contributed by atoms with E-state index in [0.717, 1.165) is 32.1 Å². The molecule has 2 aromatic carbocycles. The fourth-order valence-electron chi connectivity index (χ4n) is 3.20. The van der Waals surface area contributed by atoms with Crippen molar-refractivity contribution in [1.82, 2.24) is 0 Å². The maximum atomic E-state index is 14.1. The molecule has 0 aromatic heterocycles. The molecule has 3 nitrogen and oxygen atoms in total. The van der Waals surface area contributed by atoms with Gasteiger partial charge in [-0.25, -0.2) is 12.8 Å². The van der Waals surface area contributed by atoms with E-state index in [0.29, 0.717) is 5.69 Å². The van der Waals surface area contributed by atoms with Crippen LogP contribution in [0.15, 0.2) is 59.5 Å². The molecule has 1 aliphatic carbocycles. The van der Waals surface area contributed by atoms with Gasteiger partial charge in [0.1, 0.15) is 10.7 Å². The van der Waals surface area contributed by atoms with Crippen molar-refractivity contribution in [2.24, 2.45) is 0 Å². The minimum Gasteiger partial charge on any atom is -0.263 e. The molecule has 0 unspecified atom stereocenters. The number of sulfonamides is 1. The zero-order valence-electron chi connectivity index (χ0n) is 12.9. The minimum absolute atomic E-state index is 0.115. The number of hydrogen-bond acceptors (Lipinski definition) is 2. The van der Waals surface area contributed by atoms with Crippen LogP contribution in [0, 0.1) is 5.82 Å². The van der Waals surface area contributed by atoms with Crippen molar-refractivity contribution in [3.8, 4) is 0 Å². The van der Waals surface area contributed by atoms with E-state index < -0.39 is 15.8 Å². The van der Waals surface area contributed by atoms with Gasteiger partial charge >= 0.3 is 0 Å². The van der Waals surface area contributed by atoms with E-state index >= 15 is 0 Å². The first kappa shape index (κ1) is 16.0. The summed E-state index contributed by atoms with van der Waals surface area (Å²) in [5.74, 6) is -0.704. The van der Waals surface area contributed by atoms with Crippen LogP contribution in [0.25, 0.3) is 0 Å². The van der Waals surface area contributed by atoms with Crippen LogP contribution in [0.1, 0.15) is 32.1 Å². The molecule has 1 saturated carbocycles. The lowest BCUT2D eigenvalue weighted by atomic mass is 9.95.